The van der Waals surface area contributed by atoms with Gasteiger partial charge in [-0.25, -0.2) is 18.1 Å². The van der Waals surface area contributed by atoms with Gasteiger partial charge in [-0.2, -0.15) is 0 Å². The van der Waals surface area contributed by atoms with E-state index in [4.69, 9.17) is 5.73 Å². The minimum absolute atomic E-state index is 0.0145. The highest BCUT2D eigenvalue weighted by molar-refractivity contribution is 7.99. The highest BCUT2D eigenvalue weighted by atomic mass is 32.2. The zero-order valence-electron chi connectivity index (χ0n) is 11.5. The molecular weight excluding hydrogens is 304 g/mol. The number of imidazole rings is 1. The summed E-state index contributed by atoms with van der Waals surface area (Å²) in [5, 5.41) is 0. The van der Waals surface area contributed by atoms with Crippen LogP contribution in [0.2, 0.25) is 0 Å². The number of aromatic nitrogens is 2. The number of hydrogen-bond acceptors (Lipinski definition) is 5. The first-order valence-electron chi connectivity index (χ1n) is 6.58. The average Bonchev–Trinajstić information content (AvgIpc) is 3.07. The van der Waals surface area contributed by atoms with E-state index in [1.807, 2.05) is 4.72 Å². The minimum atomic E-state index is -3.74. The van der Waals surface area contributed by atoms with Crippen LogP contribution in [0.25, 0.3) is 4.91 Å². The highest BCUT2D eigenvalue weighted by Crippen LogP contribution is 2.24. The van der Waals surface area contributed by atoms with E-state index < -0.39 is 15.9 Å². The molecule has 0 aliphatic carbocycles. The van der Waals surface area contributed by atoms with E-state index in [-0.39, 0.29) is 10.9 Å². The second-order valence-electron chi connectivity index (χ2n) is 4.96. The van der Waals surface area contributed by atoms with E-state index in [9.17, 15) is 13.2 Å². The molecule has 0 fully saturated rings. The highest BCUT2D eigenvalue weighted by Gasteiger charge is 2.28. The number of aromatic amines is 1. The Morgan fingerprint density at radius 1 is 1.23 bits per heavy atom. The van der Waals surface area contributed by atoms with E-state index in [2.05, 4.69) is 9.97 Å². The van der Waals surface area contributed by atoms with Crippen molar-refractivity contribution >= 4 is 20.8 Å². The van der Waals surface area contributed by atoms with Crippen LogP contribution in [-0.2, 0) is 21.2 Å². The lowest BCUT2D eigenvalue weighted by Gasteiger charge is -2.09. The summed E-state index contributed by atoms with van der Waals surface area (Å²) in [6.07, 6.45) is 5.00. The molecule has 0 saturated heterocycles. The van der Waals surface area contributed by atoms with Gasteiger partial charge >= 0.3 is 0 Å². The first kappa shape index (κ1) is 14.5. The van der Waals surface area contributed by atoms with Crippen LogP contribution in [0.15, 0.2) is 42.7 Å². The SMILES string of the molecule is NC(Cc1ccc(C2=CC(=O)NS2(=O)=O)cc1)c1ncc[nH]1. The van der Waals surface area contributed by atoms with Crippen molar-refractivity contribution in [1.82, 2.24) is 14.7 Å². The normalized spacial score (nSPS) is 17.9. The third kappa shape index (κ3) is 2.78. The largest absolute Gasteiger partial charge is 0.347 e. The second kappa shape index (κ2) is 5.39. The first-order chi connectivity index (χ1) is 10.5. The topological polar surface area (TPSA) is 118 Å². The van der Waals surface area contributed by atoms with Crippen LogP contribution in [0.4, 0.5) is 0 Å². The molecule has 4 N–H and O–H groups in total. The molecule has 1 aromatic carbocycles. The molecule has 2 heterocycles. The number of nitrogens with one attached hydrogen (secondary N) is 2. The van der Waals surface area contributed by atoms with Crippen LogP contribution in [0.1, 0.15) is 23.0 Å². The van der Waals surface area contributed by atoms with Crippen LogP contribution < -0.4 is 10.5 Å². The predicted molar refractivity (Wildman–Crippen MR) is 80.7 cm³/mol. The van der Waals surface area contributed by atoms with Gasteiger partial charge in [0.15, 0.2) is 0 Å². The van der Waals surface area contributed by atoms with Crippen LogP contribution in [-0.4, -0.2) is 24.3 Å². The third-order valence-electron chi connectivity index (χ3n) is 3.35. The van der Waals surface area contributed by atoms with E-state index >= 15 is 0 Å². The molecule has 8 heteroatoms. The molecule has 3 rings (SSSR count). The maximum atomic E-state index is 11.8. The Morgan fingerprint density at radius 2 is 1.95 bits per heavy atom. The molecule has 0 saturated carbocycles. The summed E-state index contributed by atoms with van der Waals surface area (Å²) in [5.41, 5.74) is 7.45. The van der Waals surface area contributed by atoms with Crippen molar-refractivity contribution < 1.29 is 13.2 Å². The quantitative estimate of drug-likeness (QED) is 0.756. The van der Waals surface area contributed by atoms with Gasteiger partial charge in [0.1, 0.15) is 10.7 Å². The van der Waals surface area contributed by atoms with Crippen molar-refractivity contribution in [3.8, 4) is 0 Å². The Hall–Kier alpha value is -2.45. The number of hydrogen-bond donors (Lipinski definition) is 3. The minimum Gasteiger partial charge on any atom is -0.347 e. The molecule has 1 atom stereocenters. The molecule has 1 amide bonds. The summed E-state index contributed by atoms with van der Waals surface area (Å²) in [4.78, 5) is 18.2. The Balaban J connectivity index is 1.79. The number of nitrogens with two attached hydrogens (primary N) is 1. The molecule has 0 bridgehead atoms. The molecule has 1 aliphatic heterocycles. The fraction of sp³-hybridized carbons (Fsp3) is 0.143. The maximum Gasteiger partial charge on any atom is 0.265 e. The Bertz CT molecular complexity index is 823. The molecule has 2 aromatic rings. The molecule has 7 nitrogen and oxygen atoms in total. The van der Waals surface area contributed by atoms with Crippen molar-refractivity contribution in [3.63, 3.8) is 0 Å². The zero-order valence-corrected chi connectivity index (χ0v) is 12.3. The lowest BCUT2D eigenvalue weighted by molar-refractivity contribution is -0.114. The molecule has 22 heavy (non-hydrogen) atoms. The van der Waals surface area contributed by atoms with Gasteiger partial charge in [-0.15, -0.1) is 0 Å². The summed E-state index contributed by atoms with van der Waals surface area (Å²) in [7, 11) is -3.74. The van der Waals surface area contributed by atoms with Crippen LogP contribution >= 0.6 is 0 Å². The third-order valence-corrected chi connectivity index (χ3v) is 4.75. The number of sulfonamides is 1. The monoisotopic (exact) mass is 318 g/mol. The Labute approximate surface area is 127 Å². The van der Waals surface area contributed by atoms with Crippen LogP contribution in [0.5, 0.6) is 0 Å². The standard InChI is InChI=1S/C14H14N4O3S/c15-11(14-16-5-6-17-14)7-9-1-3-10(4-2-9)12-8-13(19)18-22(12,20)21/h1-6,8,11H,7,15H2,(H,16,17)(H,18,19). The fourth-order valence-corrected chi connectivity index (χ4v) is 3.43. The number of carbonyl (C=O) groups excluding carboxylic acids is 1. The van der Waals surface area contributed by atoms with E-state index in [0.29, 0.717) is 17.8 Å². The van der Waals surface area contributed by atoms with Crippen molar-refractivity contribution in [2.75, 3.05) is 0 Å². The van der Waals surface area contributed by atoms with Gasteiger partial charge in [0, 0.05) is 18.5 Å². The molecule has 1 unspecified atom stereocenters. The van der Waals surface area contributed by atoms with Crippen molar-refractivity contribution in [2.24, 2.45) is 5.73 Å². The maximum absolute atomic E-state index is 11.8. The first-order valence-corrected chi connectivity index (χ1v) is 8.07. The van der Waals surface area contributed by atoms with E-state index in [1.165, 1.54) is 0 Å². The van der Waals surface area contributed by atoms with Crippen molar-refractivity contribution in [1.29, 1.82) is 0 Å². The van der Waals surface area contributed by atoms with Gasteiger partial charge in [0.25, 0.3) is 15.9 Å². The summed E-state index contributed by atoms with van der Waals surface area (Å²) in [5.74, 6) is 0.0684. The summed E-state index contributed by atoms with van der Waals surface area (Å²) >= 11 is 0. The van der Waals surface area contributed by atoms with Gasteiger partial charge in [0.05, 0.1) is 6.04 Å². The summed E-state index contributed by atoms with van der Waals surface area (Å²) in [6.45, 7) is 0. The van der Waals surface area contributed by atoms with Crippen molar-refractivity contribution in [3.05, 3.63) is 59.7 Å². The zero-order chi connectivity index (χ0) is 15.7. The van der Waals surface area contributed by atoms with Gasteiger partial charge < -0.3 is 10.7 Å². The Kier molecular flexibility index (Phi) is 3.55. The van der Waals surface area contributed by atoms with Crippen molar-refractivity contribution in [2.45, 2.75) is 12.5 Å². The number of carbonyl (C=O) groups is 1. The molecule has 0 spiro atoms. The number of nitrogens with zero attached hydrogens (tertiary/aromatic N) is 1. The van der Waals surface area contributed by atoms with Gasteiger partial charge in [0.2, 0.25) is 0 Å². The van der Waals surface area contributed by atoms with E-state index in [1.54, 1.807) is 36.7 Å². The summed E-state index contributed by atoms with van der Waals surface area (Å²) < 4.78 is 25.4. The molecule has 114 valence electrons. The second-order valence-corrected chi connectivity index (χ2v) is 6.61. The molecular formula is C14H14N4O3S. The number of rotatable bonds is 4. The fourth-order valence-electron chi connectivity index (χ4n) is 2.29. The molecule has 0 radical (unpaired) electrons. The van der Waals surface area contributed by atoms with Gasteiger partial charge in [-0.05, 0) is 17.5 Å². The molecule has 1 aliphatic rings. The number of amides is 1. The smallest absolute Gasteiger partial charge is 0.265 e. The Morgan fingerprint density at radius 3 is 2.50 bits per heavy atom. The lowest BCUT2D eigenvalue weighted by Crippen LogP contribution is -2.22. The van der Waals surface area contributed by atoms with E-state index in [0.717, 1.165) is 11.6 Å². The number of H-pyrrole nitrogens is 1. The van der Waals surface area contributed by atoms with Gasteiger partial charge in [-0.3, -0.25) is 4.79 Å². The van der Waals surface area contributed by atoms with Crippen LogP contribution in [0.3, 0.4) is 0 Å². The predicted octanol–water partition coefficient (Wildman–Crippen LogP) is 0.453. The summed E-state index contributed by atoms with van der Waals surface area (Å²) in [6, 6.07) is 6.63. The lowest BCUT2D eigenvalue weighted by atomic mass is 10.0. The number of benzene rings is 1. The van der Waals surface area contributed by atoms with Gasteiger partial charge in [-0.1, -0.05) is 24.3 Å². The van der Waals surface area contributed by atoms with Crippen LogP contribution in [0, 0.1) is 0 Å². The molecule has 1 aromatic heterocycles. The average molecular weight is 318 g/mol.